The number of carbonyl (C=O) groups is 3. The number of nitrogens with zero attached hydrogens (tertiary/aromatic N) is 1. The van der Waals surface area contributed by atoms with Crippen molar-refractivity contribution in [2.45, 2.75) is 50.2 Å². The summed E-state index contributed by atoms with van der Waals surface area (Å²) in [6, 6.07) is 11.5. The molecular weight excluding hydrogens is 506 g/mol. The maximum atomic E-state index is 12.8. The number of piperidine rings is 1. The predicted octanol–water partition coefficient (Wildman–Crippen LogP) is 3.27. The largest absolute Gasteiger partial charge is 0.493 e. The first-order valence-electron chi connectivity index (χ1n) is 12.6. The number of ether oxygens (including phenoxy) is 6. The number of methoxy groups -OCH3 is 3. The van der Waals surface area contributed by atoms with E-state index in [0.717, 1.165) is 0 Å². The average Bonchev–Trinajstić information content (AvgIpc) is 3.06. The minimum atomic E-state index is -0.699. The third kappa shape index (κ3) is 6.17. The second kappa shape index (κ2) is 12.2. The van der Waals surface area contributed by atoms with Crippen molar-refractivity contribution in [2.75, 3.05) is 28.4 Å². The molecular formula is C29H33NO9. The Morgan fingerprint density at radius 1 is 0.846 bits per heavy atom. The molecule has 208 valence electrons. The molecule has 0 spiro atoms. The highest BCUT2D eigenvalue weighted by Gasteiger charge is 2.56. The fourth-order valence-electron chi connectivity index (χ4n) is 5.29. The van der Waals surface area contributed by atoms with Crippen molar-refractivity contribution < 1.29 is 42.8 Å². The molecule has 5 atom stereocenters. The Balaban J connectivity index is 1.47. The van der Waals surface area contributed by atoms with Gasteiger partial charge in [0.2, 0.25) is 5.75 Å². The van der Waals surface area contributed by atoms with Gasteiger partial charge >= 0.3 is 17.9 Å². The Kier molecular flexibility index (Phi) is 8.75. The van der Waals surface area contributed by atoms with Gasteiger partial charge in [0.15, 0.2) is 23.7 Å². The van der Waals surface area contributed by atoms with Crippen LogP contribution in [0.2, 0.25) is 0 Å². The van der Waals surface area contributed by atoms with Crippen LogP contribution in [0.15, 0.2) is 48.5 Å². The lowest BCUT2D eigenvalue weighted by molar-refractivity contribution is -0.153. The summed E-state index contributed by atoms with van der Waals surface area (Å²) in [5, 5.41) is 0. The quantitative estimate of drug-likeness (QED) is 0.268. The first-order valence-corrected chi connectivity index (χ1v) is 12.6. The summed E-state index contributed by atoms with van der Waals surface area (Å²) in [6.45, 7) is 1.32. The van der Waals surface area contributed by atoms with E-state index in [-0.39, 0.29) is 12.1 Å². The van der Waals surface area contributed by atoms with Gasteiger partial charge in [0.1, 0.15) is 6.10 Å². The molecule has 0 aromatic heterocycles. The zero-order valence-corrected chi connectivity index (χ0v) is 22.6. The molecule has 10 heteroatoms. The highest BCUT2D eigenvalue weighted by atomic mass is 16.6. The molecule has 2 fully saturated rings. The number of esters is 3. The van der Waals surface area contributed by atoms with E-state index in [1.807, 2.05) is 18.0 Å². The van der Waals surface area contributed by atoms with Gasteiger partial charge in [-0.25, -0.2) is 9.59 Å². The fraction of sp³-hybridized carbons (Fsp3) is 0.414. The van der Waals surface area contributed by atoms with Crippen LogP contribution < -0.4 is 14.2 Å². The zero-order valence-electron chi connectivity index (χ0n) is 22.6. The Labute approximate surface area is 227 Å². The molecule has 2 aliphatic heterocycles. The summed E-state index contributed by atoms with van der Waals surface area (Å²) in [7, 11) is 6.44. The Morgan fingerprint density at radius 2 is 1.44 bits per heavy atom. The van der Waals surface area contributed by atoms with E-state index in [9.17, 15) is 14.4 Å². The van der Waals surface area contributed by atoms with Crippen LogP contribution in [-0.2, 0) is 23.8 Å². The summed E-state index contributed by atoms with van der Waals surface area (Å²) >= 11 is 0. The van der Waals surface area contributed by atoms with E-state index in [2.05, 4.69) is 0 Å². The van der Waals surface area contributed by atoms with Crippen LogP contribution in [0.1, 0.15) is 35.7 Å². The average molecular weight is 540 g/mol. The number of hydrogen-bond donors (Lipinski definition) is 0. The highest BCUT2D eigenvalue weighted by molar-refractivity contribution is 5.89. The Hall–Kier alpha value is -4.05. The third-order valence-corrected chi connectivity index (χ3v) is 7.07. The molecule has 0 radical (unpaired) electrons. The lowest BCUT2D eigenvalue weighted by Gasteiger charge is -2.35. The van der Waals surface area contributed by atoms with Gasteiger partial charge in [0.25, 0.3) is 0 Å². The second-order valence-electron chi connectivity index (χ2n) is 9.43. The molecule has 39 heavy (non-hydrogen) atoms. The molecule has 2 aliphatic rings. The van der Waals surface area contributed by atoms with Crippen LogP contribution in [0, 0.1) is 0 Å². The number of benzene rings is 2. The molecule has 0 N–H and O–H groups in total. The van der Waals surface area contributed by atoms with Gasteiger partial charge in [-0.2, -0.15) is 0 Å². The number of rotatable bonds is 9. The molecule has 10 nitrogen and oxygen atoms in total. The zero-order chi connectivity index (χ0) is 28.1. The van der Waals surface area contributed by atoms with Crippen molar-refractivity contribution in [3.05, 3.63) is 59.7 Å². The van der Waals surface area contributed by atoms with E-state index in [0.29, 0.717) is 41.2 Å². The number of fused-ring (bicyclic) bond motifs is 2. The van der Waals surface area contributed by atoms with E-state index in [1.54, 1.807) is 42.5 Å². The molecule has 2 unspecified atom stereocenters. The molecule has 2 saturated heterocycles. The van der Waals surface area contributed by atoms with Crippen LogP contribution in [0.25, 0.3) is 6.08 Å². The summed E-state index contributed by atoms with van der Waals surface area (Å²) in [5.74, 6) is -0.122. The van der Waals surface area contributed by atoms with Gasteiger partial charge < -0.3 is 28.4 Å². The van der Waals surface area contributed by atoms with Crippen LogP contribution in [-0.4, -0.2) is 81.6 Å². The molecule has 2 bridgehead atoms. The van der Waals surface area contributed by atoms with Crippen LogP contribution >= 0.6 is 0 Å². The van der Waals surface area contributed by atoms with Crippen molar-refractivity contribution >= 4 is 24.0 Å². The van der Waals surface area contributed by atoms with Crippen LogP contribution in [0.3, 0.4) is 0 Å². The lowest BCUT2D eigenvalue weighted by atomic mass is 10.00. The summed E-state index contributed by atoms with van der Waals surface area (Å²) in [5.41, 5.74) is 1.07. The topological polar surface area (TPSA) is 110 Å². The number of likely N-dealkylation sites (N-methyl/N-ethyl adjacent to an activating group) is 1. The summed E-state index contributed by atoms with van der Waals surface area (Å²) < 4.78 is 33.3. The maximum Gasteiger partial charge on any atom is 0.338 e. The van der Waals surface area contributed by atoms with Gasteiger partial charge in [0.05, 0.1) is 39.0 Å². The molecule has 0 saturated carbocycles. The SMILES string of the molecule is COc1cc(/C=C/C(=O)O[C@@H]2CC3[C@@H](OC(=O)c4ccccc4)[C@@H](OC(C)=O)C(C2)N3C)cc(OC)c1OC. The van der Waals surface area contributed by atoms with E-state index in [4.69, 9.17) is 28.4 Å². The smallest absolute Gasteiger partial charge is 0.338 e. The molecule has 4 rings (SSSR count). The molecule has 2 aromatic rings. The standard InChI is InChI=1S/C29H33NO9/c1-17(31)37-26-21-15-20(16-22(30(21)2)27(26)39-29(33)19-9-7-6-8-10-19)38-25(32)12-11-18-13-23(34-3)28(36-5)24(14-18)35-4/h6-14,20-22,26-27H,15-16H2,1-5H3/b12-11+/t20-,21?,22?,26-,27+/m0/s1. The molecule has 2 aromatic carbocycles. The maximum absolute atomic E-state index is 12.8. The van der Waals surface area contributed by atoms with Crippen molar-refractivity contribution in [3.63, 3.8) is 0 Å². The van der Waals surface area contributed by atoms with E-state index in [1.165, 1.54) is 34.3 Å². The number of carbonyl (C=O) groups excluding carboxylic acids is 3. The summed E-state index contributed by atoms with van der Waals surface area (Å²) in [4.78, 5) is 39.5. The third-order valence-electron chi connectivity index (χ3n) is 7.07. The van der Waals surface area contributed by atoms with Gasteiger partial charge in [-0.1, -0.05) is 18.2 Å². The van der Waals surface area contributed by atoms with Crippen molar-refractivity contribution in [2.24, 2.45) is 0 Å². The monoisotopic (exact) mass is 539 g/mol. The van der Waals surface area contributed by atoms with Gasteiger partial charge in [-0.15, -0.1) is 0 Å². The van der Waals surface area contributed by atoms with Crippen molar-refractivity contribution in [3.8, 4) is 17.2 Å². The fourth-order valence-corrected chi connectivity index (χ4v) is 5.29. The second-order valence-corrected chi connectivity index (χ2v) is 9.43. The molecule has 0 amide bonds. The Bertz CT molecular complexity index is 1200. The van der Waals surface area contributed by atoms with Crippen molar-refractivity contribution in [1.29, 1.82) is 0 Å². The first-order chi connectivity index (χ1) is 18.7. The van der Waals surface area contributed by atoms with Gasteiger partial charge in [0, 0.05) is 25.8 Å². The highest BCUT2D eigenvalue weighted by Crippen LogP contribution is 2.40. The lowest BCUT2D eigenvalue weighted by Crippen LogP contribution is -2.46. The molecule has 2 heterocycles. The minimum absolute atomic E-state index is 0.280. The normalized spacial score (nSPS) is 24.2. The first kappa shape index (κ1) is 28.0. The predicted molar refractivity (Wildman–Crippen MR) is 141 cm³/mol. The van der Waals surface area contributed by atoms with Crippen LogP contribution in [0.5, 0.6) is 17.2 Å². The van der Waals surface area contributed by atoms with E-state index >= 15 is 0 Å². The van der Waals surface area contributed by atoms with Crippen molar-refractivity contribution in [1.82, 2.24) is 4.90 Å². The van der Waals surface area contributed by atoms with Gasteiger partial charge in [-0.05, 0) is 43.0 Å². The number of hydrogen-bond acceptors (Lipinski definition) is 10. The van der Waals surface area contributed by atoms with Crippen LogP contribution in [0.4, 0.5) is 0 Å². The Morgan fingerprint density at radius 3 is 1.97 bits per heavy atom. The van der Waals surface area contributed by atoms with E-state index < -0.39 is 36.2 Å². The van der Waals surface area contributed by atoms with Gasteiger partial charge in [-0.3, -0.25) is 9.69 Å². The molecule has 0 aliphatic carbocycles. The summed E-state index contributed by atoms with van der Waals surface area (Å²) in [6.07, 6.45) is 1.94. The minimum Gasteiger partial charge on any atom is -0.493 e.